The molecule has 3 heteroatoms. The normalized spacial score (nSPS) is 15.0. The molecule has 0 saturated heterocycles. The van der Waals surface area contributed by atoms with Gasteiger partial charge in [0.1, 0.15) is 5.82 Å². The minimum atomic E-state index is -0.208. The highest BCUT2D eigenvalue weighted by atomic mass is 79.9. The van der Waals surface area contributed by atoms with E-state index in [-0.39, 0.29) is 11.2 Å². The molecule has 0 aliphatic carbocycles. The fourth-order valence-corrected chi connectivity index (χ4v) is 2.10. The van der Waals surface area contributed by atoms with Crippen molar-refractivity contribution in [3.05, 3.63) is 34.1 Å². The van der Waals surface area contributed by atoms with Crippen LogP contribution >= 0.6 is 27.5 Å². The van der Waals surface area contributed by atoms with E-state index in [2.05, 4.69) is 29.8 Å². The molecule has 1 rings (SSSR count). The predicted molar refractivity (Wildman–Crippen MR) is 66.9 cm³/mol. The van der Waals surface area contributed by atoms with Crippen LogP contribution in [0.1, 0.15) is 25.8 Å². The lowest BCUT2D eigenvalue weighted by atomic mass is 9.83. The standard InChI is InChI=1S/C12H15BrClF/c1-3-12(2,8-14)7-9-5-4-6-10(15)11(9)13/h4-6H,3,7-8H2,1-2H3. The Morgan fingerprint density at radius 3 is 2.67 bits per heavy atom. The van der Waals surface area contributed by atoms with E-state index < -0.39 is 0 Å². The molecule has 0 bridgehead atoms. The van der Waals surface area contributed by atoms with Gasteiger partial charge in [-0.3, -0.25) is 0 Å². The van der Waals surface area contributed by atoms with E-state index in [1.165, 1.54) is 6.07 Å². The lowest BCUT2D eigenvalue weighted by molar-refractivity contribution is 0.354. The molecule has 1 aromatic carbocycles. The smallest absolute Gasteiger partial charge is 0.137 e. The topological polar surface area (TPSA) is 0 Å². The maximum absolute atomic E-state index is 13.3. The Hall–Kier alpha value is -0.0800. The minimum Gasteiger partial charge on any atom is -0.206 e. The van der Waals surface area contributed by atoms with E-state index in [4.69, 9.17) is 11.6 Å². The first-order valence-electron chi connectivity index (χ1n) is 5.01. The van der Waals surface area contributed by atoms with E-state index >= 15 is 0 Å². The van der Waals surface area contributed by atoms with Gasteiger partial charge in [0, 0.05) is 5.88 Å². The Kier molecular flexibility index (Phi) is 4.60. The second-order valence-electron chi connectivity index (χ2n) is 4.19. The van der Waals surface area contributed by atoms with Gasteiger partial charge in [-0.25, -0.2) is 4.39 Å². The molecule has 0 fully saturated rings. The minimum absolute atomic E-state index is 0.0396. The quantitative estimate of drug-likeness (QED) is 0.700. The van der Waals surface area contributed by atoms with Gasteiger partial charge in [-0.15, -0.1) is 11.6 Å². The van der Waals surface area contributed by atoms with Gasteiger partial charge >= 0.3 is 0 Å². The van der Waals surface area contributed by atoms with Gasteiger partial charge in [0.05, 0.1) is 4.47 Å². The van der Waals surface area contributed by atoms with Crippen LogP contribution in [-0.2, 0) is 6.42 Å². The monoisotopic (exact) mass is 292 g/mol. The fourth-order valence-electron chi connectivity index (χ4n) is 1.41. The van der Waals surface area contributed by atoms with Crippen molar-refractivity contribution >= 4 is 27.5 Å². The predicted octanol–water partition coefficient (Wildman–Crippen LogP) is 4.79. The maximum atomic E-state index is 13.3. The van der Waals surface area contributed by atoms with Crippen molar-refractivity contribution in [2.24, 2.45) is 5.41 Å². The second kappa shape index (κ2) is 5.31. The van der Waals surface area contributed by atoms with Crippen LogP contribution in [0.3, 0.4) is 0 Å². The third-order valence-electron chi connectivity index (χ3n) is 2.82. The number of alkyl halides is 1. The zero-order chi connectivity index (χ0) is 11.5. The summed E-state index contributed by atoms with van der Waals surface area (Å²) in [6, 6.07) is 5.13. The molecule has 0 saturated carbocycles. The molecular weight excluding hydrogens is 278 g/mol. The molecule has 84 valence electrons. The van der Waals surface area contributed by atoms with Crippen molar-refractivity contribution in [3.8, 4) is 0 Å². The van der Waals surface area contributed by atoms with Crippen LogP contribution in [0.2, 0.25) is 0 Å². The summed E-state index contributed by atoms with van der Waals surface area (Å²) in [6.07, 6.45) is 1.78. The van der Waals surface area contributed by atoms with Crippen molar-refractivity contribution in [1.29, 1.82) is 0 Å². The van der Waals surface area contributed by atoms with Crippen molar-refractivity contribution in [2.75, 3.05) is 5.88 Å². The summed E-state index contributed by atoms with van der Waals surface area (Å²) >= 11 is 9.21. The fraction of sp³-hybridized carbons (Fsp3) is 0.500. The zero-order valence-corrected chi connectivity index (χ0v) is 11.3. The van der Waals surface area contributed by atoms with Crippen LogP contribution < -0.4 is 0 Å². The summed E-state index contributed by atoms with van der Waals surface area (Å²) in [6.45, 7) is 4.23. The van der Waals surface area contributed by atoms with Crippen molar-refractivity contribution in [2.45, 2.75) is 26.7 Å². The Morgan fingerprint density at radius 1 is 1.47 bits per heavy atom. The molecule has 0 aliphatic heterocycles. The molecule has 1 aromatic rings. The molecule has 0 amide bonds. The van der Waals surface area contributed by atoms with Crippen molar-refractivity contribution in [3.63, 3.8) is 0 Å². The first-order chi connectivity index (χ1) is 7.02. The second-order valence-corrected chi connectivity index (χ2v) is 5.25. The molecule has 0 spiro atoms. The van der Waals surface area contributed by atoms with E-state index in [9.17, 15) is 4.39 Å². The number of rotatable bonds is 4. The Bertz CT molecular complexity index is 334. The molecule has 0 aromatic heterocycles. The lowest BCUT2D eigenvalue weighted by Gasteiger charge is -2.26. The number of halogens is 3. The van der Waals surface area contributed by atoms with Gasteiger partial charge in [0.25, 0.3) is 0 Å². The van der Waals surface area contributed by atoms with E-state index in [0.29, 0.717) is 10.4 Å². The number of benzene rings is 1. The number of hydrogen-bond donors (Lipinski definition) is 0. The first-order valence-corrected chi connectivity index (χ1v) is 6.34. The van der Waals surface area contributed by atoms with Crippen molar-refractivity contribution < 1.29 is 4.39 Å². The van der Waals surface area contributed by atoms with Crippen LogP contribution in [-0.4, -0.2) is 5.88 Å². The van der Waals surface area contributed by atoms with E-state index in [1.54, 1.807) is 6.07 Å². The highest BCUT2D eigenvalue weighted by Gasteiger charge is 2.22. The Balaban J connectivity index is 2.94. The molecular formula is C12H15BrClF. The summed E-state index contributed by atoms with van der Waals surface area (Å²) < 4.78 is 13.8. The average molecular weight is 294 g/mol. The van der Waals surface area contributed by atoms with Gasteiger partial charge < -0.3 is 0 Å². The SMILES string of the molecule is CCC(C)(CCl)Cc1cccc(F)c1Br. The highest BCUT2D eigenvalue weighted by Crippen LogP contribution is 2.31. The van der Waals surface area contributed by atoms with E-state index in [1.807, 2.05) is 6.07 Å². The summed E-state index contributed by atoms with van der Waals surface area (Å²) in [7, 11) is 0. The molecule has 1 unspecified atom stereocenters. The zero-order valence-electron chi connectivity index (χ0n) is 8.99. The molecule has 1 atom stereocenters. The molecule has 0 aliphatic rings. The highest BCUT2D eigenvalue weighted by molar-refractivity contribution is 9.10. The maximum Gasteiger partial charge on any atom is 0.137 e. The molecule has 0 N–H and O–H groups in total. The van der Waals surface area contributed by atoms with Crippen LogP contribution in [0.15, 0.2) is 22.7 Å². The molecule has 0 radical (unpaired) electrons. The van der Waals surface area contributed by atoms with Crippen LogP contribution in [0, 0.1) is 11.2 Å². The largest absolute Gasteiger partial charge is 0.206 e. The van der Waals surface area contributed by atoms with Gasteiger partial charge in [-0.1, -0.05) is 26.0 Å². The van der Waals surface area contributed by atoms with Crippen molar-refractivity contribution in [1.82, 2.24) is 0 Å². The summed E-state index contributed by atoms with van der Waals surface area (Å²) in [4.78, 5) is 0. The van der Waals surface area contributed by atoms with E-state index in [0.717, 1.165) is 18.4 Å². The third kappa shape index (κ3) is 3.18. The summed E-state index contributed by atoms with van der Waals surface area (Å²) in [5, 5.41) is 0. The molecule has 0 nitrogen and oxygen atoms in total. The Labute approximate surface area is 104 Å². The molecule has 0 heterocycles. The molecule has 15 heavy (non-hydrogen) atoms. The van der Waals surface area contributed by atoms with Crippen LogP contribution in [0.5, 0.6) is 0 Å². The Morgan fingerprint density at radius 2 is 2.13 bits per heavy atom. The van der Waals surface area contributed by atoms with Gasteiger partial charge in [0.2, 0.25) is 0 Å². The van der Waals surface area contributed by atoms with Gasteiger partial charge in [-0.2, -0.15) is 0 Å². The summed E-state index contributed by atoms with van der Waals surface area (Å²) in [5.41, 5.74) is 1.03. The van der Waals surface area contributed by atoms with Crippen LogP contribution in [0.4, 0.5) is 4.39 Å². The first kappa shape index (κ1) is 13.0. The summed E-state index contributed by atoms with van der Waals surface area (Å²) in [5.74, 6) is 0.382. The van der Waals surface area contributed by atoms with Gasteiger partial charge in [-0.05, 0) is 45.8 Å². The average Bonchev–Trinajstić information content (AvgIpc) is 2.25. The van der Waals surface area contributed by atoms with Crippen LogP contribution in [0.25, 0.3) is 0 Å². The number of hydrogen-bond acceptors (Lipinski definition) is 0. The third-order valence-corrected chi connectivity index (χ3v) is 4.36. The van der Waals surface area contributed by atoms with Gasteiger partial charge in [0.15, 0.2) is 0 Å². The lowest BCUT2D eigenvalue weighted by Crippen LogP contribution is -2.20.